The van der Waals surface area contributed by atoms with E-state index < -0.39 is 10.7 Å². The first kappa shape index (κ1) is 10.9. The number of rotatable bonds is 4. The van der Waals surface area contributed by atoms with Crippen molar-refractivity contribution in [1.29, 1.82) is 0 Å². The van der Waals surface area contributed by atoms with E-state index in [1.165, 1.54) is 12.1 Å². The van der Waals surface area contributed by atoms with Crippen LogP contribution in [0.4, 0.5) is 10.1 Å². The number of alkyl halides is 1. The van der Waals surface area contributed by atoms with Crippen molar-refractivity contribution in [3.05, 3.63) is 39.7 Å². The van der Waals surface area contributed by atoms with Crippen LogP contribution < -0.4 is 0 Å². The fraction of sp³-hybridized carbons (Fsp3) is 0.333. The second kappa shape index (κ2) is 4.91. The molecule has 0 bridgehead atoms. The lowest BCUT2D eigenvalue weighted by molar-refractivity contribution is -0.385. The average molecular weight is 218 g/mol. The first-order valence-corrected chi connectivity index (χ1v) is 4.67. The molecule has 0 N–H and O–H groups in total. The molecule has 0 heterocycles. The standard InChI is InChI=1S/C9H9ClFNO2/c10-5-1-2-7-6-8(11)3-4-9(7)12(13)14/h3-4,6H,1-2,5H2. The van der Waals surface area contributed by atoms with E-state index in [0.717, 1.165) is 6.07 Å². The summed E-state index contributed by atoms with van der Waals surface area (Å²) in [6.45, 7) is 0. The van der Waals surface area contributed by atoms with E-state index in [1.807, 2.05) is 0 Å². The average Bonchev–Trinajstić information content (AvgIpc) is 2.14. The van der Waals surface area contributed by atoms with Crippen molar-refractivity contribution >= 4 is 17.3 Å². The van der Waals surface area contributed by atoms with Gasteiger partial charge in [-0.2, -0.15) is 0 Å². The Hall–Kier alpha value is -1.16. The van der Waals surface area contributed by atoms with Crippen molar-refractivity contribution in [1.82, 2.24) is 0 Å². The van der Waals surface area contributed by atoms with Crippen LogP contribution in [-0.4, -0.2) is 10.8 Å². The number of aryl methyl sites for hydroxylation is 1. The summed E-state index contributed by atoms with van der Waals surface area (Å²) in [4.78, 5) is 10.0. The maximum absolute atomic E-state index is 12.8. The third kappa shape index (κ3) is 2.67. The fourth-order valence-corrected chi connectivity index (χ4v) is 1.32. The van der Waals surface area contributed by atoms with Crippen LogP contribution in [0.25, 0.3) is 0 Å². The molecule has 0 aromatic heterocycles. The van der Waals surface area contributed by atoms with Gasteiger partial charge in [-0.25, -0.2) is 4.39 Å². The third-order valence-corrected chi connectivity index (χ3v) is 2.09. The highest BCUT2D eigenvalue weighted by Gasteiger charge is 2.13. The molecule has 0 atom stereocenters. The number of hydrogen-bond donors (Lipinski definition) is 0. The van der Waals surface area contributed by atoms with Gasteiger partial charge in [0.2, 0.25) is 0 Å². The lowest BCUT2D eigenvalue weighted by Gasteiger charge is -2.01. The Kier molecular flexibility index (Phi) is 3.83. The second-order valence-corrected chi connectivity index (χ2v) is 3.20. The van der Waals surface area contributed by atoms with Crippen LogP contribution in [0.1, 0.15) is 12.0 Å². The first-order chi connectivity index (χ1) is 6.65. The molecule has 0 fully saturated rings. The van der Waals surface area contributed by atoms with Gasteiger partial charge in [-0.15, -0.1) is 11.6 Å². The van der Waals surface area contributed by atoms with Crippen molar-refractivity contribution in [2.45, 2.75) is 12.8 Å². The quantitative estimate of drug-likeness (QED) is 0.442. The summed E-state index contributed by atoms with van der Waals surface area (Å²) in [5.74, 6) is -0.0478. The molecule has 0 saturated heterocycles. The summed E-state index contributed by atoms with van der Waals surface area (Å²) in [6, 6.07) is 3.45. The van der Waals surface area contributed by atoms with Gasteiger partial charge in [0.15, 0.2) is 0 Å². The molecule has 5 heteroatoms. The Balaban J connectivity index is 2.97. The van der Waals surface area contributed by atoms with Gasteiger partial charge in [0.1, 0.15) is 5.82 Å². The van der Waals surface area contributed by atoms with Crippen LogP contribution in [-0.2, 0) is 6.42 Å². The van der Waals surface area contributed by atoms with Crippen molar-refractivity contribution in [2.24, 2.45) is 0 Å². The summed E-state index contributed by atoms with van der Waals surface area (Å²) < 4.78 is 12.8. The van der Waals surface area contributed by atoms with Gasteiger partial charge in [0.05, 0.1) is 4.92 Å². The van der Waals surface area contributed by atoms with Crippen molar-refractivity contribution in [2.75, 3.05) is 5.88 Å². The number of nitrogens with zero attached hydrogens (tertiary/aromatic N) is 1. The van der Waals surface area contributed by atoms with Crippen LogP contribution in [0.3, 0.4) is 0 Å². The molecule has 76 valence electrons. The minimum Gasteiger partial charge on any atom is -0.258 e. The number of halogens is 2. The maximum atomic E-state index is 12.8. The summed E-state index contributed by atoms with van der Waals surface area (Å²) in [5.41, 5.74) is 0.354. The van der Waals surface area contributed by atoms with Crippen LogP contribution in [0.5, 0.6) is 0 Å². The number of hydrogen-bond acceptors (Lipinski definition) is 2. The smallest absolute Gasteiger partial charge is 0.258 e. The molecular formula is C9H9ClFNO2. The Morgan fingerprint density at radius 2 is 2.21 bits per heavy atom. The molecular weight excluding hydrogens is 209 g/mol. The van der Waals surface area contributed by atoms with E-state index in [2.05, 4.69) is 0 Å². The number of nitro groups is 1. The largest absolute Gasteiger partial charge is 0.272 e. The Morgan fingerprint density at radius 3 is 2.79 bits per heavy atom. The SMILES string of the molecule is O=[N+]([O-])c1ccc(F)cc1CCCCl. The topological polar surface area (TPSA) is 43.1 Å². The molecule has 0 saturated carbocycles. The number of benzene rings is 1. The van der Waals surface area contributed by atoms with Crippen LogP contribution >= 0.6 is 11.6 Å². The first-order valence-electron chi connectivity index (χ1n) is 4.14. The zero-order chi connectivity index (χ0) is 10.6. The lowest BCUT2D eigenvalue weighted by atomic mass is 10.1. The van der Waals surface area contributed by atoms with E-state index in [4.69, 9.17) is 11.6 Å². The van der Waals surface area contributed by atoms with E-state index in [0.29, 0.717) is 24.3 Å². The molecule has 1 aromatic carbocycles. The molecule has 0 aliphatic rings. The van der Waals surface area contributed by atoms with Crippen molar-refractivity contribution in [3.63, 3.8) is 0 Å². The zero-order valence-corrected chi connectivity index (χ0v) is 8.13. The van der Waals surface area contributed by atoms with Gasteiger partial charge < -0.3 is 0 Å². The predicted octanol–water partition coefficient (Wildman–Crippen LogP) is 2.91. The van der Waals surface area contributed by atoms with Gasteiger partial charge in [-0.1, -0.05) is 0 Å². The summed E-state index contributed by atoms with van der Waals surface area (Å²) in [5, 5.41) is 10.5. The molecule has 0 amide bonds. The van der Waals surface area contributed by atoms with Gasteiger partial charge in [-0.05, 0) is 25.0 Å². The maximum Gasteiger partial charge on any atom is 0.272 e. The van der Waals surface area contributed by atoms with Gasteiger partial charge in [0, 0.05) is 17.5 Å². The lowest BCUT2D eigenvalue weighted by Crippen LogP contribution is -1.97. The molecule has 1 aromatic rings. The molecule has 0 spiro atoms. The molecule has 1 rings (SSSR count). The van der Waals surface area contributed by atoms with E-state index in [9.17, 15) is 14.5 Å². The minimum absolute atomic E-state index is 0.0449. The van der Waals surface area contributed by atoms with Gasteiger partial charge in [0.25, 0.3) is 5.69 Å². The number of nitro benzene ring substituents is 1. The highest BCUT2D eigenvalue weighted by atomic mass is 35.5. The monoisotopic (exact) mass is 217 g/mol. The van der Waals surface area contributed by atoms with Crippen LogP contribution in [0.2, 0.25) is 0 Å². The zero-order valence-electron chi connectivity index (χ0n) is 7.37. The Labute approximate surface area is 85.6 Å². The fourth-order valence-electron chi connectivity index (χ4n) is 1.19. The van der Waals surface area contributed by atoms with Gasteiger partial charge >= 0.3 is 0 Å². The molecule has 0 aliphatic carbocycles. The summed E-state index contributed by atoms with van der Waals surface area (Å²) >= 11 is 5.46. The van der Waals surface area contributed by atoms with Gasteiger partial charge in [-0.3, -0.25) is 10.1 Å². The predicted molar refractivity (Wildman–Crippen MR) is 52.1 cm³/mol. The second-order valence-electron chi connectivity index (χ2n) is 2.82. The van der Waals surface area contributed by atoms with E-state index in [-0.39, 0.29) is 5.69 Å². The summed E-state index contributed by atoms with van der Waals surface area (Å²) in [6.07, 6.45) is 1.03. The van der Waals surface area contributed by atoms with Crippen LogP contribution in [0, 0.1) is 15.9 Å². The van der Waals surface area contributed by atoms with Crippen molar-refractivity contribution in [3.8, 4) is 0 Å². The highest BCUT2D eigenvalue weighted by molar-refractivity contribution is 6.17. The van der Waals surface area contributed by atoms with Crippen LogP contribution in [0.15, 0.2) is 18.2 Å². The van der Waals surface area contributed by atoms with E-state index in [1.54, 1.807) is 0 Å². The highest BCUT2D eigenvalue weighted by Crippen LogP contribution is 2.20. The Morgan fingerprint density at radius 1 is 1.50 bits per heavy atom. The van der Waals surface area contributed by atoms with E-state index >= 15 is 0 Å². The molecule has 14 heavy (non-hydrogen) atoms. The Bertz CT molecular complexity index is 344. The molecule has 3 nitrogen and oxygen atoms in total. The molecule has 0 radical (unpaired) electrons. The molecule has 0 aliphatic heterocycles. The normalized spacial score (nSPS) is 10.1. The minimum atomic E-state index is -0.511. The van der Waals surface area contributed by atoms with Crippen molar-refractivity contribution < 1.29 is 9.31 Å². The molecule has 0 unspecified atom stereocenters. The summed E-state index contributed by atoms with van der Waals surface area (Å²) in [7, 11) is 0. The third-order valence-electron chi connectivity index (χ3n) is 1.82.